The standard InChI is InChI=1S/C63H54N2/c1-47-46-56(36-45-63(47)55-16-8-3-9-17-55)54-34-43-62(44-35-54)65(58-20-12-5-13-21-58)60-39-26-49(27-40-60)23-22-48-24-37-59(38-25-48)64(57-18-10-4-11-19-57)61-41-32-53(33-42-61)52-30-28-51(29-31-52)50-14-6-2-7-15-50/h2-3,6-10,12,14-47,63H,4-5,11,13H2,1H3/b23-22+. The van der Waals surface area contributed by atoms with Crippen molar-refractivity contribution in [3.63, 3.8) is 0 Å². The van der Waals surface area contributed by atoms with Crippen LogP contribution in [0.1, 0.15) is 60.8 Å². The van der Waals surface area contributed by atoms with E-state index in [1.807, 2.05) is 0 Å². The highest BCUT2D eigenvalue weighted by atomic mass is 15.2. The van der Waals surface area contributed by atoms with E-state index < -0.39 is 0 Å². The second kappa shape index (κ2) is 19.4. The van der Waals surface area contributed by atoms with Crippen molar-refractivity contribution in [1.29, 1.82) is 0 Å². The monoisotopic (exact) mass is 838 g/mol. The van der Waals surface area contributed by atoms with Gasteiger partial charge in [0.25, 0.3) is 0 Å². The summed E-state index contributed by atoms with van der Waals surface area (Å²) in [6.07, 6.45) is 29.5. The molecule has 0 heterocycles. The molecule has 0 saturated heterocycles. The molecule has 0 N–H and O–H groups in total. The fourth-order valence-corrected chi connectivity index (χ4v) is 9.29. The topological polar surface area (TPSA) is 6.48 Å². The third kappa shape index (κ3) is 9.49. The summed E-state index contributed by atoms with van der Waals surface area (Å²) >= 11 is 0. The summed E-state index contributed by atoms with van der Waals surface area (Å²) in [4.78, 5) is 4.75. The van der Waals surface area contributed by atoms with Crippen molar-refractivity contribution in [3.8, 4) is 22.3 Å². The number of anilines is 4. The number of rotatable bonds is 12. The third-order valence-electron chi connectivity index (χ3n) is 12.8. The quantitative estimate of drug-likeness (QED) is 0.113. The van der Waals surface area contributed by atoms with Crippen LogP contribution < -0.4 is 9.80 Å². The number of nitrogens with zero attached hydrogens (tertiary/aromatic N) is 2. The van der Waals surface area contributed by atoms with Crippen molar-refractivity contribution in [2.24, 2.45) is 5.92 Å². The Bertz CT molecular complexity index is 2930. The minimum absolute atomic E-state index is 0.405. The van der Waals surface area contributed by atoms with Gasteiger partial charge in [0.1, 0.15) is 0 Å². The van der Waals surface area contributed by atoms with Crippen LogP contribution in [-0.4, -0.2) is 0 Å². The predicted molar refractivity (Wildman–Crippen MR) is 278 cm³/mol. The molecule has 0 bridgehead atoms. The lowest BCUT2D eigenvalue weighted by Crippen LogP contribution is -2.16. The van der Waals surface area contributed by atoms with Gasteiger partial charge in [-0.25, -0.2) is 0 Å². The molecule has 65 heavy (non-hydrogen) atoms. The summed E-state index contributed by atoms with van der Waals surface area (Å²) in [6.45, 7) is 2.32. The molecule has 0 aliphatic heterocycles. The van der Waals surface area contributed by atoms with Gasteiger partial charge in [0.05, 0.1) is 0 Å². The average molecular weight is 839 g/mol. The molecule has 7 aromatic rings. The van der Waals surface area contributed by atoms with E-state index in [-0.39, 0.29) is 0 Å². The van der Waals surface area contributed by atoms with Gasteiger partial charge in [-0.3, -0.25) is 0 Å². The minimum atomic E-state index is 0.405. The van der Waals surface area contributed by atoms with Crippen molar-refractivity contribution in [1.82, 2.24) is 0 Å². The normalized spacial score (nSPS) is 16.8. The van der Waals surface area contributed by atoms with Crippen LogP contribution in [0.5, 0.6) is 0 Å². The Balaban J connectivity index is 0.837. The molecule has 0 amide bonds. The third-order valence-corrected chi connectivity index (χ3v) is 12.8. The van der Waals surface area contributed by atoms with Crippen LogP contribution in [0.3, 0.4) is 0 Å². The molecule has 316 valence electrons. The van der Waals surface area contributed by atoms with Crippen LogP contribution in [0.15, 0.2) is 248 Å². The van der Waals surface area contributed by atoms with Crippen LogP contribution in [-0.2, 0) is 0 Å². The minimum Gasteiger partial charge on any atom is -0.311 e. The first-order valence-electron chi connectivity index (χ1n) is 23.2. The number of hydrogen-bond donors (Lipinski definition) is 0. The predicted octanol–water partition coefficient (Wildman–Crippen LogP) is 17.3. The molecule has 7 aromatic carbocycles. The molecular formula is C63H54N2. The van der Waals surface area contributed by atoms with Gasteiger partial charge in [0.15, 0.2) is 0 Å². The Kier molecular flexibility index (Phi) is 12.3. The highest BCUT2D eigenvalue weighted by Crippen LogP contribution is 2.38. The Morgan fingerprint density at radius 2 is 0.800 bits per heavy atom. The van der Waals surface area contributed by atoms with Crippen molar-refractivity contribution >= 4 is 40.5 Å². The molecule has 0 saturated carbocycles. The molecular weight excluding hydrogens is 785 g/mol. The zero-order chi connectivity index (χ0) is 43.8. The fourth-order valence-electron chi connectivity index (χ4n) is 9.29. The van der Waals surface area contributed by atoms with Crippen LogP contribution >= 0.6 is 0 Å². The van der Waals surface area contributed by atoms with Gasteiger partial charge >= 0.3 is 0 Å². The molecule has 3 aliphatic carbocycles. The maximum absolute atomic E-state index is 2.42. The van der Waals surface area contributed by atoms with Gasteiger partial charge in [-0.15, -0.1) is 0 Å². The summed E-state index contributed by atoms with van der Waals surface area (Å²) in [7, 11) is 0. The van der Waals surface area contributed by atoms with Gasteiger partial charge < -0.3 is 9.80 Å². The molecule has 10 rings (SSSR count). The van der Waals surface area contributed by atoms with Crippen LogP contribution in [0.4, 0.5) is 22.7 Å². The Morgan fingerprint density at radius 3 is 1.23 bits per heavy atom. The lowest BCUT2D eigenvalue weighted by molar-refractivity contribution is 0.638. The van der Waals surface area contributed by atoms with E-state index in [0.717, 1.165) is 59.6 Å². The molecule has 0 aromatic heterocycles. The van der Waals surface area contributed by atoms with Gasteiger partial charge in [-0.2, -0.15) is 0 Å². The van der Waals surface area contributed by atoms with Crippen LogP contribution in [0.25, 0.3) is 40.0 Å². The highest BCUT2D eigenvalue weighted by Gasteiger charge is 2.20. The van der Waals surface area contributed by atoms with Crippen LogP contribution in [0, 0.1) is 5.92 Å². The lowest BCUT2D eigenvalue weighted by Gasteiger charge is -2.28. The van der Waals surface area contributed by atoms with Gasteiger partial charge in [0.2, 0.25) is 0 Å². The van der Waals surface area contributed by atoms with E-state index in [0.29, 0.717) is 11.8 Å². The van der Waals surface area contributed by atoms with E-state index in [2.05, 4.69) is 266 Å². The molecule has 3 aliphatic rings. The second-order valence-electron chi connectivity index (χ2n) is 17.2. The van der Waals surface area contributed by atoms with E-state index in [9.17, 15) is 0 Å². The molecule has 0 spiro atoms. The Morgan fingerprint density at radius 1 is 0.400 bits per heavy atom. The number of benzene rings is 7. The van der Waals surface area contributed by atoms with Crippen molar-refractivity contribution in [3.05, 3.63) is 270 Å². The van der Waals surface area contributed by atoms with Crippen molar-refractivity contribution < 1.29 is 0 Å². The summed E-state index contributed by atoms with van der Waals surface area (Å²) in [6, 6.07) is 66.1. The zero-order valence-electron chi connectivity index (χ0n) is 37.0. The largest absolute Gasteiger partial charge is 0.311 e. The second-order valence-corrected chi connectivity index (χ2v) is 17.2. The molecule has 0 radical (unpaired) electrons. The summed E-state index contributed by atoms with van der Waals surface area (Å²) < 4.78 is 0. The van der Waals surface area contributed by atoms with E-state index >= 15 is 0 Å². The molecule has 2 atom stereocenters. The fraction of sp³-hybridized carbons (Fsp3) is 0.111. The van der Waals surface area contributed by atoms with E-state index in [1.54, 1.807) is 0 Å². The van der Waals surface area contributed by atoms with Crippen molar-refractivity contribution in [2.75, 3.05) is 9.80 Å². The summed E-state index contributed by atoms with van der Waals surface area (Å²) in [5, 5.41) is 0. The first-order chi connectivity index (χ1) is 32.1. The summed E-state index contributed by atoms with van der Waals surface area (Å²) in [5.41, 5.74) is 18.1. The zero-order valence-corrected chi connectivity index (χ0v) is 37.0. The smallest absolute Gasteiger partial charge is 0.0461 e. The maximum Gasteiger partial charge on any atom is 0.0461 e. The Hall–Kier alpha value is -7.68. The summed E-state index contributed by atoms with van der Waals surface area (Å²) in [5.74, 6) is 0.831. The molecule has 2 heteroatoms. The lowest BCUT2D eigenvalue weighted by atomic mass is 9.81. The van der Waals surface area contributed by atoms with Gasteiger partial charge in [-0.05, 0) is 142 Å². The molecule has 2 unspecified atom stereocenters. The average Bonchev–Trinajstić information content (AvgIpc) is 3.38. The van der Waals surface area contributed by atoms with Gasteiger partial charge in [0, 0.05) is 40.1 Å². The van der Waals surface area contributed by atoms with Crippen LogP contribution in [0.2, 0.25) is 0 Å². The van der Waals surface area contributed by atoms with Gasteiger partial charge in [-0.1, -0.05) is 195 Å². The maximum atomic E-state index is 2.42. The number of allylic oxidation sites excluding steroid dienone is 10. The first-order valence-corrected chi connectivity index (χ1v) is 23.2. The Labute approximate surface area is 385 Å². The molecule has 0 fully saturated rings. The molecule has 2 nitrogen and oxygen atoms in total. The highest BCUT2D eigenvalue weighted by molar-refractivity contribution is 5.80. The first kappa shape index (κ1) is 41.3. The van der Waals surface area contributed by atoms with E-state index in [4.69, 9.17) is 0 Å². The number of hydrogen-bond acceptors (Lipinski definition) is 2. The van der Waals surface area contributed by atoms with E-state index in [1.165, 1.54) is 50.3 Å². The van der Waals surface area contributed by atoms with Crippen molar-refractivity contribution in [2.45, 2.75) is 38.5 Å². The SMILES string of the molecule is CC1C=C(c2ccc(N(C3=CCCC=C3)c3ccc(/C=C/c4ccc(N(C5=CCCC=C5)c5ccc(-c6ccc(-c7ccccc7)cc6)cc5)cc4)cc3)cc2)C=CC1c1ccccc1.